The average Bonchev–Trinajstić information content (AvgIpc) is 2.67. The molecule has 2 aromatic carbocycles. The lowest BCUT2D eigenvalue weighted by Crippen LogP contribution is -2.12. The molecule has 7 nitrogen and oxygen atoms in total. The lowest BCUT2D eigenvalue weighted by molar-refractivity contribution is 0.0601. The van der Waals surface area contributed by atoms with Crippen molar-refractivity contribution in [3.05, 3.63) is 69.6 Å². The lowest BCUT2D eigenvalue weighted by Gasteiger charge is -2.04. The third-order valence-corrected chi connectivity index (χ3v) is 3.80. The first-order chi connectivity index (χ1) is 12.5. The predicted octanol–water partition coefficient (Wildman–Crippen LogP) is 2.77. The summed E-state index contributed by atoms with van der Waals surface area (Å²) in [6.45, 7) is 0. The summed E-state index contributed by atoms with van der Waals surface area (Å²) in [4.78, 5) is 30.7. The summed E-state index contributed by atoms with van der Waals surface area (Å²) < 4.78 is 9.72. The van der Waals surface area contributed by atoms with Crippen molar-refractivity contribution < 1.29 is 19.4 Å². The molecule has 2 N–H and O–H groups in total. The Hall–Kier alpha value is -3.61. The maximum atomic E-state index is 12.2. The van der Waals surface area contributed by atoms with Crippen LogP contribution in [0, 0.1) is 0 Å². The van der Waals surface area contributed by atoms with E-state index in [0.29, 0.717) is 27.9 Å². The first-order valence-electron chi connectivity index (χ1n) is 7.69. The summed E-state index contributed by atoms with van der Waals surface area (Å²) in [7, 11) is 2.83. The SMILES string of the molecule is COC(=O)c1ccc2nc(/C=C(/O)c3ccc(OC)cc3)c(=O)[nH]c2c1. The van der Waals surface area contributed by atoms with Gasteiger partial charge in [-0.2, -0.15) is 0 Å². The Morgan fingerprint density at radius 2 is 1.81 bits per heavy atom. The number of aliphatic hydroxyl groups is 1. The number of aromatic nitrogens is 2. The second-order valence-electron chi connectivity index (χ2n) is 5.43. The molecular formula is C19H16N2O5. The van der Waals surface area contributed by atoms with Gasteiger partial charge in [-0.3, -0.25) is 4.79 Å². The number of hydrogen-bond donors (Lipinski definition) is 2. The largest absolute Gasteiger partial charge is 0.507 e. The number of benzene rings is 2. The molecule has 26 heavy (non-hydrogen) atoms. The van der Waals surface area contributed by atoms with Crippen LogP contribution in [-0.2, 0) is 4.74 Å². The molecule has 0 atom stereocenters. The Morgan fingerprint density at radius 3 is 2.46 bits per heavy atom. The van der Waals surface area contributed by atoms with E-state index in [1.807, 2.05) is 0 Å². The number of carbonyl (C=O) groups is 1. The van der Waals surface area contributed by atoms with Crippen LogP contribution in [0.3, 0.4) is 0 Å². The molecule has 7 heteroatoms. The number of nitrogens with zero attached hydrogens (tertiary/aromatic N) is 1. The van der Waals surface area contributed by atoms with Gasteiger partial charge in [0, 0.05) is 11.6 Å². The van der Waals surface area contributed by atoms with Crippen LogP contribution in [0.1, 0.15) is 21.6 Å². The van der Waals surface area contributed by atoms with Gasteiger partial charge in [0.15, 0.2) is 0 Å². The molecule has 0 saturated heterocycles. The molecule has 0 unspecified atom stereocenters. The minimum Gasteiger partial charge on any atom is -0.507 e. The van der Waals surface area contributed by atoms with Crippen molar-refractivity contribution in [2.75, 3.05) is 14.2 Å². The number of methoxy groups -OCH3 is 2. The van der Waals surface area contributed by atoms with E-state index in [9.17, 15) is 14.7 Å². The van der Waals surface area contributed by atoms with Crippen LogP contribution >= 0.6 is 0 Å². The number of nitrogens with one attached hydrogen (secondary N) is 1. The standard InChI is InChI=1S/C19H16N2O5/c1-25-13-6-3-11(4-7-13)17(22)10-16-18(23)21-15-9-12(19(24)26-2)5-8-14(15)20-16/h3-10,22H,1-2H3,(H,21,23)/b17-10+. The average molecular weight is 352 g/mol. The Bertz CT molecular complexity index is 1050. The molecule has 3 rings (SSSR count). The van der Waals surface area contributed by atoms with Crippen LogP contribution in [0.15, 0.2) is 47.3 Å². The number of hydrogen-bond acceptors (Lipinski definition) is 6. The van der Waals surface area contributed by atoms with Crippen LogP contribution in [0.25, 0.3) is 22.9 Å². The van der Waals surface area contributed by atoms with Gasteiger partial charge in [0.25, 0.3) is 5.56 Å². The van der Waals surface area contributed by atoms with Gasteiger partial charge in [0.1, 0.15) is 17.2 Å². The monoisotopic (exact) mass is 352 g/mol. The summed E-state index contributed by atoms with van der Waals surface area (Å²) in [5.74, 6) is 0.0506. The quantitative estimate of drug-likeness (QED) is 0.553. The summed E-state index contributed by atoms with van der Waals surface area (Å²) in [5.41, 5.74) is 1.27. The third-order valence-electron chi connectivity index (χ3n) is 3.80. The van der Waals surface area contributed by atoms with Gasteiger partial charge in [-0.25, -0.2) is 9.78 Å². The van der Waals surface area contributed by atoms with Crippen molar-refractivity contribution in [1.82, 2.24) is 9.97 Å². The number of esters is 1. The van der Waals surface area contributed by atoms with Crippen molar-refractivity contribution in [3.63, 3.8) is 0 Å². The van der Waals surface area contributed by atoms with E-state index in [1.165, 1.54) is 19.3 Å². The first-order valence-corrected chi connectivity index (χ1v) is 7.69. The third kappa shape index (κ3) is 3.41. The molecular weight excluding hydrogens is 336 g/mol. The molecule has 0 aliphatic carbocycles. The molecule has 3 aromatic rings. The van der Waals surface area contributed by atoms with Gasteiger partial charge >= 0.3 is 5.97 Å². The molecule has 0 aliphatic rings. The van der Waals surface area contributed by atoms with Crippen molar-refractivity contribution >= 4 is 28.8 Å². The molecule has 0 saturated carbocycles. The molecule has 0 aliphatic heterocycles. The van der Waals surface area contributed by atoms with Gasteiger partial charge in [0.2, 0.25) is 0 Å². The fraction of sp³-hybridized carbons (Fsp3) is 0.105. The van der Waals surface area contributed by atoms with Crippen molar-refractivity contribution in [3.8, 4) is 5.75 Å². The maximum Gasteiger partial charge on any atom is 0.337 e. The molecule has 132 valence electrons. The van der Waals surface area contributed by atoms with E-state index < -0.39 is 11.5 Å². The Balaban J connectivity index is 2.00. The number of fused-ring (bicyclic) bond motifs is 1. The number of aliphatic hydroxyl groups excluding tert-OH is 1. The van der Waals surface area contributed by atoms with E-state index in [-0.39, 0.29) is 11.5 Å². The summed E-state index contributed by atoms with van der Waals surface area (Å²) in [6.07, 6.45) is 1.29. The maximum absolute atomic E-state index is 12.2. The molecule has 0 spiro atoms. The second kappa shape index (κ2) is 7.10. The van der Waals surface area contributed by atoms with Crippen molar-refractivity contribution in [2.24, 2.45) is 0 Å². The lowest BCUT2D eigenvalue weighted by atomic mass is 10.1. The molecule has 0 bridgehead atoms. The topological polar surface area (TPSA) is 102 Å². The van der Waals surface area contributed by atoms with Crippen molar-refractivity contribution in [2.45, 2.75) is 0 Å². The van der Waals surface area contributed by atoms with E-state index in [4.69, 9.17) is 4.74 Å². The number of aromatic amines is 1. The predicted molar refractivity (Wildman–Crippen MR) is 97.2 cm³/mol. The van der Waals surface area contributed by atoms with E-state index in [0.717, 1.165) is 0 Å². The zero-order chi connectivity index (χ0) is 18.7. The fourth-order valence-corrected chi connectivity index (χ4v) is 2.42. The van der Waals surface area contributed by atoms with Crippen LogP contribution in [0.5, 0.6) is 5.75 Å². The highest BCUT2D eigenvalue weighted by Gasteiger charge is 2.10. The Morgan fingerprint density at radius 1 is 1.12 bits per heavy atom. The van der Waals surface area contributed by atoms with Crippen LogP contribution in [0.2, 0.25) is 0 Å². The minimum absolute atomic E-state index is 0.0524. The van der Waals surface area contributed by atoms with Crippen molar-refractivity contribution in [1.29, 1.82) is 0 Å². The second-order valence-corrected chi connectivity index (χ2v) is 5.43. The minimum atomic E-state index is -0.506. The van der Waals surface area contributed by atoms with Gasteiger partial charge in [-0.15, -0.1) is 0 Å². The highest BCUT2D eigenvalue weighted by Crippen LogP contribution is 2.18. The molecule has 0 amide bonds. The summed E-state index contributed by atoms with van der Waals surface area (Å²) in [6, 6.07) is 11.4. The zero-order valence-corrected chi connectivity index (χ0v) is 14.1. The normalized spacial score (nSPS) is 11.4. The number of carbonyl (C=O) groups excluding carboxylic acids is 1. The smallest absolute Gasteiger partial charge is 0.337 e. The van der Waals surface area contributed by atoms with Gasteiger partial charge < -0.3 is 19.6 Å². The van der Waals surface area contributed by atoms with E-state index >= 15 is 0 Å². The highest BCUT2D eigenvalue weighted by atomic mass is 16.5. The molecule has 1 heterocycles. The molecule has 0 radical (unpaired) electrons. The zero-order valence-electron chi connectivity index (χ0n) is 14.1. The van der Waals surface area contributed by atoms with E-state index in [1.54, 1.807) is 43.5 Å². The van der Waals surface area contributed by atoms with Gasteiger partial charge in [-0.05, 0) is 42.5 Å². The van der Waals surface area contributed by atoms with Crippen LogP contribution in [-0.4, -0.2) is 35.3 Å². The molecule has 1 aromatic heterocycles. The summed E-state index contributed by atoms with van der Waals surface area (Å²) in [5, 5.41) is 10.2. The number of H-pyrrole nitrogens is 1. The highest BCUT2D eigenvalue weighted by molar-refractivity contribution is 5.93. The van der Waals surface area contributed by atoms with E-state index in [2.05, 4.69) is 14.7 Å². The Labute approximate surface area is 148 Å². The van der Waals surface area contributed by atoms with Gasteiger partial charge in [-0.1, -0.05) is 0 Å². The van der Waals surface area contributed by atoms with Gasteiger partial charge in [0.05, 0.1) is 30.8 Å². The van der Waals surface area contributed by atoms with Crippen LogP contribution in [0.4, 0.5) is 0 Å². The number of ether oxygens (including phenoxy) is 2. The summed E-state index contributed by atoms with van der Waals surface area (Å²) >= 11 is 0. The Kier molecular flexibility index (Phi) is 4.70. The van der Waals surface area contributed by atoms with Crippen LogP contribution < -0.4 is 10.3 Å². The molecule has 0 fully saturated rings. The first kappa shape index (κ1) is 17.2. The fourth-order valence-electron chi connectivity index (χ4n) is 2.42. The number of rotatable bonds is 4.